The highest BCUT2D eigenvalue weighted by molar-refractivity contribution is 5.84. The highest BCUT2D eigenvalue weighted by atomic mass is 19.4. The number of benzene rings is 2. The minimum Gasteiger partial charge on any atom is -0.451 e. The molecule has 244 valence electrons. The maximum absolute atomic E-state index is 12.9. The minimum absolute atomic E-state index is 0.0379. The van der Waals surface area contributed by atoms with Gasteiger partial charge in [-0.2, -0.15) is 23.1 Å². The summed E-state index contributed by atoms with van der Waals surface area (Å²) in [6, 6.07) is 19.5. The van der Waals surface area contributed by atoms with Crippen molar-refractivity contribution in [2.75, 3.05) is 36.5 Å². The molecule has 4 aromatic rings. The number of rotatable bonds is 9. The predicted octanol–water partition coefficient (Wildman–Crippen LogP) is 1.34. The monoisotopic (exact) mass is 644 g/mol. The third-order valence-electron chi connectivity index (χ3n) is 8.09. The van der Waals surface area contributed by atoms with Crippen LogP contribution >= 0.6 is 0 Å². The first-order chi connectivity index (χ1) is 22.0. The van der Waals surface area contributed by atoms with Gasteiger partial charge in [-0.15, -0.1) is 0 Å². The van der Waals surface area contributed by atoms with E-state index >= 15 is 0 Å². The van der Waals surface area contributed by atoms with Gasteiger partial charge in [0.25, 0.3) is 0 Å². The van der Waals surface area contributed by atoms with E-state index in [9.17, 15) is 38.4 Å². The van der Waals surface area contributed by atoms with Crippen LogP contribution in [0.25, 0.3) is 11.2 Å². The molecule has 0 amide bonds. The van der Waals surface area contributed by atoms with Crippen LogP contribution in [0.5, 0.6) is 0 Å². The highest BCUT2D eigenvalue weighted by Crippen LogP contribution is 2.34. The van der Waals surface area contributed by atoms with Crippen molar-refractivity contribution in [2.24, 2.45) is 0 Å². The maximum atomic E-state index is 12.9. The molecule has 0 bridgehead atoms. The number of imidazole rings is 1. The molecular weight excluding hydrogens is 613 g/mol. The van der Waals surface area contributed by atoms with Crippen molar-refractivity contribution >= 4 is 28.9 Å². The highest BCUT2D eigenvalue weighted by Gasteiger charge is 2.46. The van der Waals surface area contributed by atoms with Gasteiger partial charge in [0.1, 0.15) is 30.5 Å². The molecule has 0 saturated carbocycles. The number of hydrogen-bond donors (Lipinski definition) is 5. The summed E-state index contributed by atoms with van der Waals surface area (Å²) in [5.41, 5.74) is 2.41. The van der Waals surface area contributed by atoms with E-state index in [4.69, 9.17) is 4.74 Å². The second-order valence-electron chi connectivity index (χ2n) is 11.1. The van der Waals surface area contributed by atoms with Gasteiger partial charge in [-0.25, -0.2) is 9.78 Å². The number of carbonyl (C=O) groups is 1. The van der Waals surface area contributed by atoms with Crippen molar-refractivity contribution in [2.45, 2.75) is 48.8 Å². The number of β-amino-alcohol motifs (C(OH)–C–C–N with tert-alkyl or cyclic N) is 1. The van der Waals surface area contributed by atoms with Gasteiger partial charge in [0, 0.05) is 12.5 Å². The van der Waals surface area contributed by atoms with Crippen molar-refractivity contribution in [1.82, 2.24) is 19.5 Å². The van der Waals surface area contributed by atoms with Crippen LogP contribution in [0.3, 0.4) is 0 Å². The second-order valence-corrected chi connectivity index (χ2v) is 11.1. The average molecular weight is 645 g/mol. The van der Waals surface area contributed by atoms with Gasteiger partial charge in [0.2, 0.25) is 5.95 Å². The van der Waals surface area contributed by atoms with Crippen molar-refractivity contribution in [3.8, 4) is 0 Å². The number of nitrogens with zero attached hydrogens (tertiary/aromatic N) is 5. The lowest BCUT2D eigenvalue weighted by Crippen LogP contribution is -2.36. The normalized spacial score (nSPS) is 25.0. The fourth-order valence-corrected chi connectivity index (χ4v) is 5.70. The van der Waals surface area contributed by atoms with Gasteiger partial charge in [0.05, 0.1) is 26.0 Å². The molecule has 5 N–H and O–H groups in total. The average Bonchev–Trinajstić information content (AvgIpc) is 3.72. The molecule has 2 aliphatic rings. The fraction of sp³-hybridized carbons (Fsp3) is 0.400. The number of aliphatic hydroxyl groups is 4. The van der Waals surface area contributed by atoms with Gasteiger partial charge >= 0.3 is 12.1 Å². The Morgan fingerprint density at radius 2 is 1.65 bits per heavy atom. The van der Waals surface area contributed by atoms with E-state index in [2.05, 4.69) is 25.0 Å². The van der Waals surface area contributed by atoms with Gasteiger partial charge < -0.3 is 40.1 Å². The molecule has 6 rings (SSSR count). The maximum Gasteiger partial charge on any atom is 0.490 e. The van der Waals surface area contributed by atoms with E-state index in [1.807, 2.05) is 60.7 Å². The van der Waals surface area contributed by atoms with Crippen molar-refractivity contribution in [3.63, 3.8) is 0 Å². The van der Waals surface area contributed by atoms with E-state index in [0.29, 0.717) is 6.54 Å². The Hall–Kier alpha value is -4.35. The zero-order chi connectivity index (χ0) is 32.6. The number of alkyl halides is 3. The molecular formula is C30H31F3N6O7. The van der Waals surface area contributed by atoms with Gasteiger partial charge in [-0.1, -0.05) is 60.7 Å². The number of ether oxygens (including phenoxy) is 2. The van der Waals surface area contributed by atoms with Crippen LogP contribution in [-0.4, -0.2) is 109 Å². The number of fused-ring (bicyclic) bond motifs is 1. The van der Waals surface area contributed by atoms with Gasteiger partial charge in [0.15, 0.2) is 23.2 Å². The van der Waals surface area contributed by atoms with E-state index < -0.39 is 55.5 Å². The Bertz CT molecular complexity index is 1620. The molecule has 6 atom stereocenters. The van der Waals surface area contributed by atoms with Crippen LogP contribution in [0.1, 0.15) is 23.3 Å². The number of esters is 1. The topological polar surface area (TPSA) is 175 Å². The van der Waals surface area contributed by atoms with E-state index in [1.165, 1.54) is 15.8 Å². The van der Waals surface area contributed by atoms with Crippen LogP contribution in [-0.2, 0) is 14.3 Å². The molecule has 13 nitrogen and oxygen atoms in total. The zero-order valence-corrected chi connectivity index (χ0v) is 24.1. The number of halogens is 3. The van der Waals surface area contributed by atoms with Crippen molar-refractivity contribution in [3.05, 3.63) is 78.1 Å². The lowest BCUT2D eigenvalue weighted by atomic mass is 9.91. The Labute approximate surface area is 259 Å². The van der Waals surface area contributed by atoms with Gasteiger partial charge in [-0.05, 0) is 11.1 Å². The lowest BCUT2D eigenvalue weighted by molar-refractivity contribution is -0.207. The number of carbonyl (C=O) groups excluding carboxylic acids is 1. The zero-order valence-electron chi connectivity index (χ0n) is 24.1. The van der Waals surface area contributed by atoms with Crippen LogP contribution in [0.2, 0.25) is 0 Å². The van der Waals surface area contributed by atoms with E-state index in [-0.39, 0.29) is 41.9 Å². The van der Waals surface area contributed by atoms with Crippen molar-refractivity contribution < 1.29 is 47.9 Å². The first-order valence-electron chi connectivity index (χ1n) is 14.5. The minimum atomic E-state index is -5.24. The number of anilines is 2. The summed E-state index contributed by atoms with van der Waals surface area (Å²) in [6.07, 6.45) is -12.0. The molecule has 0 aliphatic carbocycles. The summed E-state index contributed by atoms with van der Waals surface area (Å²) < 4.78 is 50.2. The molecule has 4 heterocycles. The Balaban J connectivity index is 1.36. The second kappa shape index (κ2) is 12.8. The van der Waals surface area contributed by atoms with E-state index in [0.717, 1.165) is 11.1 Å². The third kappa shape index (κ3) is 6.21. The summed E-state index contributed by atoms with van der Waals surface area (Å²) in [7, 11) is 0. The standard InChI is InChI=1S/C30H31F3N6O7/c31-30(32,33)28(44)46-20-13-38(12-19(20)41)29-36-25(34-11-18(16-7-3-1-4-8-16)17-9-5-2-6-10-17)22-26(37-29)39(15-35-22)27-24(43)23(42)21(14-40)45-27/h1-10,15,18-21,23-24,27,40-43H,11-14H2,(H,34,36,37)/t19-,20-,21+,23+,24-,27+/m0/s1. The number of aliphatic hydroxyl groups excluding tert-OH is 4. The number of hydrogen-bond acceptors (Lipinski definition) is 12. The van der Waals surface area contributed by atoms with Crippen LogP contribution in [0.4, 0.5) is 24.9 Å². The van der Waals surface area contributed by atoms with Crippen LogP contribution in [0, 0.1) is 0 Å². The van der Waals surface area contributed by atoms with E-state index in [1.54, 1.807) is 0 Å². The van der Waals surface area contributed by atoms with Crippen LogP contribution in [0.15, 0.2) is 67.0 Å². The molecule has 0 unspecified atom stereocenters. The molecule has 2 aromatic heterocycles. The molecule has 2 saturated heterocycles. The van der Waals surface area contributed by atoms with Gasteiger partial charge in [-0.3, -0.25) is 4.57 Å². The van der Waals surface area contributed by atoms with Crippen molar-refractivity contribution in [1.29, 1.82) is 0 Å². The Morgan fingerprint density at radius 1 is 1.00 bits per heavy atom. The number of nitrogens with one attached hydrogen (secondary N) is 1. The summed E-state index contributed by atoms with van der Waals surface area (Å²) in [6.45, 7) is -0.820. The molecule has 46 heavy (non-hydrogen) atoms. The predicted molar refractivity (Wildman–Crippen MR) is 156 cm³/mol. The summed E-state index contributed by atoms with van der Waals surface area (Å²) in [4.78, 5) is 26.4. The smallest absolute Gasteiger partial charge is 0.451 e. The molecule has 0 radical (unpaired) electrons. The molecule has 2 aliphatic heterocycles. The third-order valence-corrected chi connectivity index (χ3v) is 8.09. The fourth-order valence-electron chi connectivity index (χ4n) is 5.70. The first kappa shape index (κ1) is 31.6. The SMILES string of the molecule is O=C(O[C@H]1CN(c2nc(NCC(c3ccccc3)c3ccccc3)c3ncn([C@@H]4O[C@H](CO)[C@@H](O)[C@@H]4O)c3n2)C[C@@H]1O)C(F)(F)F. The summed E-state index contributed by atoms with van der Waals surface area (Å²) in [5.74, 6) is -2.37. The number of aromatic nitrogens is 4. The Morgan fingerprint density at radius 3 is 2.24 bits per heavy atom. The molecule has 0 spiro atoms. The lowest BCUT2D eigenvalue weighted by Gasteiger charge is -2.22. The first-order valence-corrected chi connectivity index (χ1v) is 14.5. The largest absolute Gasteiger partial charge is 0.490 e. The summed E-state index contributed by atoms with van der Waals surface area (Å²) >= 11 is 0. The summed E-state index contributed by atoms with van der Waals surface area (Å²) in [5, 5.41) is 44.5. The van der Waals surface area contributed by atoms with Crippen LogP contribution < -0.4 is 10.2 Å². The molecule has 2 fully saturated rings. The molecule has 16 heteroatoms. The Kier molecular flexibility index (Phi) is 8.80. The quantitative estimate of drug-likeness (QED) is 0.166. The molecule has 2 aromatic carbocycles.